The van der Waals surface area contributed by atoms with Crippen molar-refractivity contribution in [3.63, 3.8) is 0 Å². The molecule has 0 unspecified atom stereocenters. The summed E-state index contributed by atoms with van der Waals surface area (Å²) >= 11 is 0. The summed E-state index contributed by atoms with van der Waals surface area (Å²) in [5.41, 5.74) is 0.690. The minimum atomic E-state index is -0.979. The number of nitrogens with zero attached hydrogens (tertiary/aromatic N) is 2. The molecule has 0 aliphatic heterocycles. The van der Waals surface area contributed by atoms with Gasteiger partial charge < -0.3 is 5.11 Å². The maximum atomic E-state index is 10.6. The summed E-state index contributed by atoms with van der Waals surface area (Å²) in [5.74, 6) is -0.0724. The molecule has 0 atom stereocenters. The minimum Gasteiger partial charge on any atom is -0.478 e. The summed E-state index contributed by atoms with van der Waals surface area (Å²) in [6.07, 6.45) is 1.36. The van der Waals surface area contributed by atoms with E-state index in [1.165, 1.54) is 6.20 Å². The van der Waals surface area contributed by atoms with E-state index in [1.54, 1.807) is 6.92 Å². The first-order valence-electron chi connectivity index (χ1n) is 4.09. The molecule has 13 heavy (non-hydrogen) atoms. The summed E-state index contributed by atoms with van der Waals surface area (Å²) < 4.78 is 0. The number of aromatic carboxylic acids is 1. The van der Waals surface area contributed by atoms with Gasteiger partial charge in [0.15, 0.2) is 0 Å². The predicted octanol–water partition coefficient (Wildman–Crippen LogP) is 1.61. The Morgan fingerprint density at radius 1 is 1.54 bits per heavy atom. The Morgan fingerprint density at radius 3 is 2.54 bits per heavy atom. The van der Waals surface area contributed by atoms with Gasteiger partial charge in [-0.25, -0.2) is 14.8 Å². The Hall–Kier alpha value is -1.45. The number of carbonyl (C=O) groups is 1. The van der Waals surface area contributed by atoms with Crippen LogP contribution in [-0.2, 0) is 0 Å². The Morgan fingerprint density at radius 2 is 2.15 bits per heavy atom. The van der Waals surface area contributed by atoms with Crippen LogP contribution in [0, 0.1) is 6.92 Å². The highest BCUT2D eigenvalue weighted by molar-refractivity contribution is 5.88. The van der Waals surface area contributed by atoms with Crippen LogP contribution in [0.2, 0.25) is 0 Å². The summed E-state index contributed by atoms with van der Waals surface area (Å²) in [5, 5.41) is 8.72. The zero-order valence-corrected chi connectivity index (χ0v) is 7.90. The highest BCUT2D eigenvalue weighted by Crippen LogP contribution is 2.11. The number of rotatable bonds is 2. The van der Waals surface area contributed by atoms with Crippen molar-refractivity contribution < 1.29 is 9.90 Å². The molecule has 0 spiro atoms. The van der Waals surface area contributed by atoms with E-state index in [-0.39, 0.29) is 11.5 Å². The zero-order valence-electron chi connectivity index (χ0n) is 7.90. The van der Waals surface area contributed by atoms with Crippen molar-refractivity contribution in [1.29, 1.82) is 0 Å². The molecule has 70 valence electrons. The van der Waals surface area contributed by atoms with Gasteiger partial charge in [-0.15, -0.1) is 0 Å². The Labute approximate surface area is 76.7 Å². The van der Waals surface area contributed by atoms with Gasteiger partial charge in [-0.2, -0.15) is 0 Å². The number of hydrogen-bond acceptors (Lipinski definition) is 3. The summed E-state index contributed by atoms with van der Waals surface area (Å²) in [6, 6.07) is 0. The van der Waals surface area contributed by atoms with Crippen molar-refractivity contribution >= 4 is 5.97 Å². The van der Waals surface area contributed by atoms with E-state index in [0.717, 1.165) is 0 Å². The fourth-order valence-corrected chi connectivity index (χ4v) is 0.973. The van der Waals surface area contributed by atoms with Gasteiger partial charge >= 0.3 is 5.97 Å². The number of hydrogen-bond donors (Lipinski definition) is 1. The van der Waals surface area contributed by atoms with Crippen LogP contribution in [0.4, 0.5) is 0 Å². The molecule has 0 aliphatic carbocycles. The molecule has 0 saturated heterocycles. The summed E-state index contributed by atoms with van der Waals surface area (Å²) in [4.78, 5) is 18.7. The third-order valence-electron chi connectivity index (χ3n) is 1.74. The summed E-state index contributed by atoms with van der Waals surface area (Å²) in [6.45, 7) is 5.61. The van der Waals surface area contributed by atoms with E-state index in [0.29, 0.717) is 11.5 Å². The van der Waals surface area contributed by atoms with Crippen LogP contribution < -0.4 is 0 Å². The molecule has 1 N–H and O–H groups in total. The quantitative estimate of drug-likeness (QED) is 0.750. The third-order valence-corrected chi connectivity index (χ3v) is 1.74. The lowest BCUT2D eigenvalue weighted by atomic mass is 10.2. The monoisotopic (exact) mass is 180 g/mol. The van der Waals surface area contributed by atoms with Crippen molar-refractivity contribution in [3.05, 3.63) is 23.3 Å². The van der Waals surface area contributed by atoms with Gasteiger partial charge in [-0.1, -0.05) is 13.8 Å². The van der Waals surface area contributed by atoms with Crippen molar-refractivity contribution in [3.8, 4) is 0 Å². The lowest BCUT2D eigenvalue weighted by molar-refractivity contribution is 0.0695. The van der Waals surface area contributed by atoms with E-state index in [9.17, 15) is 4.79 Å². The Bertz CT molecular complexity index is 334. The minimum absolute atomic E-state index is 0.171. The van der Waals surface area contributed by atoms with Crippen molar-refractivity contribution in [2.45, 2.75) is 26.7 Å². The molecular weight excluding hydrogens is 168 g/mol. The van der Waals surface area contributed by atoms with Gasteiger partial charge in [0.2, 0.25) is 0 Å². The van der Waals surface area contributed by atoms with Gasteiger partial charge in [-0.05, 0) is 6.92 Å². The molecule has 4 heteroatoms. The second-order valence-corrected chi connectivity index (χ2v) is 3.19. The van der Waals surface area contributed by atoms with Gasteiger partial charge in [0, 0.05) is 12.1 Å². The lowest BCUT2D eigenvalue weighted by Gasteiger charge is -2.05. The topological polar surface area (TPSA) is 63.1 Å². The van der Waals surface area contributed by atoms with Crippen LogP contribution >= 0.6 is 0 Å². The number of carboxylic acids is 1. The van der Waals surface area contributed by atoms with Gasteiger partial charge in [-0.3, -0.25) is 0 Å². The van der Waals surface area contributed by atoms with Crippen molar-refractivity contribution in [1.82, 2.24) is 9.97 Å². The second kappa shape index (κ2) is 3.51. The fraction of sp³-hybridized carbons (Fsp3) is 0.444. The molecule has 1 rings (SSSR count). The smallest absolute Gasteiger partial charge is 0.339 e. The van der Waals surface area contributed by atoms with Crippen LogP contribution in [0.15, 0.2) is 6.20 Å². The third kappa shape index (κ3) is 2.02. The maximum Gasteiger partial charge on any atom is 0.339 e. The Kier molecular flexibility index (Phi) is 2.60. The lowest BCUT2D eigenvalue weighted by Crippen LogP contribution is -2.06. The van der Waals surface area contributed by atoms with E-state index in [4.69, 9.17) is 5.11 Å². The number of aromatic nitrogens is 2. The van der Waals surface area contributed by atoms with Crippen molar-refractivity contribution in [2.24, 2.45) is 0 Å². The zero-order chi connectivity index (χ0) is 10.0. The van der Waals surface area contributed by atoms with E-state index >= 15 is 0 Å². The fourth-order valence-electron chi connectivity index (χ4n) is 0.973. The number of carboxylic acid groups (broad SMARTS) is 1. The Balaban J connectivity index is 3.13. The normalized spacial score (nSPS) is 10.5. The molecule has 0 bridgehead atoms. The van der Waals surface area contributed by atoms with Crippen LogP contribution in [0.1, 0.15) is 41.6 Å². The maximum absolute atomic E-state index is 10.6. The average Bonchev–Trinajstić information content (AvgIpc) is 2.03. The molecule has 0 fully saturated rings. The van der Waals surface area contributed by atoms with E-state index < -0.39 is 5.97 Å². The highest BCUT2D eigenvalue weighted by Gasteiger charge is 2.10. The largest absolute Gasteiger partial charge is 0.478 e. The molecule has 0 amide bonds. The first-order valence-corrected chi connectivity index (χ1v) is 4.09. The molecule has 0 aromatic carbocycles. The average molecular weight is 180 g/mol. The molecule has 1 aromatic heterocycles. The first-order chi connectivity index (χ1) is 6.02. The standard InChI is InChI=1S/C9H12N2O2/c1-5(2)8-10-4-7(9(12)13)6(3)11-8/h4-5H,1-3H3,(H,12,13). The molecule has 1 heterocycles. The van der Waals surface area contributed by atoms with Crippen LogP contribution in [-0.4, -0.2) is 21.0 Å². The molecule has 0 aliphatic rings. The van der Waals surface area contributed by atoms with Gasteiger partial charge in [0.1, 0.15) is 5.82 Å². The van der Waals surface area contributed by atoms with Crippen LogP contribution in [0.3, 0.4) is 0 Å². The molecular formula is C9H12N2O2. The van der Waals surface area contributed by atoms with Crippen molar-refractivity contribution in [2.75, 3.05) is 0 Å². The highest BCUT2D eigenvalue weighted by atomic mass is 16.4. The predicted molar refractivity (Wildman–Crippen MR) is 47.8 cm³/mol. The SMILES string of the molecule is Cc1nc(C(C)C)ncc1C(=O)O. The van der Waals surface area contributed by atoms with Crippen LogP contribution in [0.5, 0.6) is 0 Å². The van der Waals surface area contributed by atoms with E-state index in [2.05, 4.69) is 9.97 Å². The molecule has 1 aromatic rings. The second-order valence-electron chi connectivity index (χ2n) is 3.19. The molecule has 0 radical (unpaired) electrons. The number of aryl methyl sites for hydroxylation is 1. The van der Waals surface area contributed by atoms with E-state index in [1.807, 2.05) is 13.8 Å². The first kappa shape index (κ1) is 9.64. The molecule has 4 nitrogen and oxygen atoms in total. The van der Waals surface area contributed by atoms with Crippen LogP contribution in [0.25, 0.3) is 0 Å². The van der Waals surface area contributed by atoms with Gasteiger partial charge in [0.25, 0.3) is 0 Å². The molecule has 0 saturated carbocycles. The summed E-state index contributed by atoms with van der Waals surface area (Å²) in [7, 11) is 0. The van der Waals surface area contributed by atoms with Gasteiger partial charge in [0.05, 0.1) is 11.3 Å².